The van der Waals surface area contributed by atoms with Gasteiger partial charge >= 0.3 is 0 Å². The summed E-state index contributed by atoms with van der Waals surface area (Å²) in [5.74, 6) is -0.365. The topological polar surface area (TPSA) is 89.3 Å². The highest BCUT2D eigenvalue weighted by Gasteiger charge is 2.18. The van der Waals surface area contributed by atoms with Crippen LogP contribution in [0.4, 0.5) is 0 Å². The number of unbranched alkanes of at least 4 members (excludes halogenated alkanes) is 1. The second kappa shape index (κ2) is 6.65. The number of thiophene rings is 1. The first-order valence-corrected chi connectivity index (χ1v) is 8.46. The summed E-state index contributed by atoms with van der Waals surface area (Å²) in [5, 5.41) is 0. The van der Waals surface area contributed by atoms with Crippen molar-refractivity contribution in [3.8, 4) is 0 Å². The van der Waals surface area contributed by atoms with Gasteiger partial charge in [0, 0.05) is 17.8 Å². The monoisotopic (exact) mass is 354 g/mol. The molecule has 8 heteroatoms. The molecule has 1 aromatic heterocycles. The molecule has 0 saturated carbocycles. The molecule has 1 heterocycles. The lowest BCUT2D eigenvalue weighted by Crippen LogP contribution is -2.25. The zero-order valence-electron chi connectivity index (χ0n) is 9.90. The molecule has 0 aliphatic heterocycles. The molecule has 0 saturated heterocycles. The van der Waals surface area contributed by atoms with Gasteiger partial charge in [-0.2, -0.15) is 0 Å². The molecule has 0 unspecified atom stereocenters. The number of carbonyl (C=O) groups excluding carboxylic acids is 1. The van der Waals surface area contributed by atoms with Crippen molar-refractivity contribution in [2.45, 2.75) is 31.1 Å². The third-order valence-electron chi connectivity index (χ3n) is 2.27. The first kappa shape index (κ1) is 15.6. The molecule has 0 aliphatic carbocycles. The van der Waals surface area contributed by atoms with Crippen LogP contribution in [-0.2, 0) is 14.8 Å². The molecule has 1 aromatic rings. The van der Waals surface area contributed by atoms with E-state index in [4.69, 9.17) is 5.73 Å². The maximum absolute atomic E-state index is 11.9. The molecule has 0 bridgehead atoms. The predicted molar refractivity (Wildman–Crippen MR) is 75.0 cm³/mol. The SMILES string of the molecule is Cc1sc(Br)cc1S(=O)(=O)NCCCCC(N)=O. The van der Waals surface area contributed by atoms with E-state index >= 15 is 0 Å². The van der Waals surface area contributed by atoms with Crippen molar-refractivity contribution in [3.63, 3.8) is 0 Å². The van der Waals surface area contributed by atoms with E-state index in [1.807, 2.05) is 0 Å². The molecule has 0 aromatic carbocycles. The Labute approximate surface area is 119 Å². The number of rotatable bonds is 7. The van der Waals surface area contributed by atoms with Crippen LogP contribution in [0.15, 0.2) is 14.7 Å². The smallest absolute Gasteiger partial charge is 0.241 e. The normalized spacial score (nSPS) is 11.7. The summed E-state index contributed by atoms with van der Waals surface area (Å²) in [5.41, 5.74) is 4.99. The number of sulfonamides is 1. The minimum absolute atomic E-state index is 0.282. The molecule has 1 rings (SSSR count). The Morgan fingerprint density at radius 2 is 2.17 bits per heavy atom. The number of hydrogen-bond donors (Lipinski definition) is 2. The van der Waals surface area contributed by atoms with Crippen LogP contribution >= 0.6 is 27.3 Å². The highest BCUT2D eigenvalue weighted by atomic mass is 79.9. The van der Waals surface area contributed by atoms with Crippen molar-refractivity contribution in [2.24, 2.45) is 5.73 Å². The van der Waals surface area contributed by atoms with Crippen LogP contribution in [0.25, 0.3) is 0 Å². The van der Waals surface area contributed by atoms with E-state index in [0.717, 1.165) is 8.66 Å². The van der Waals surface area contributed by atoms with Crippen LogP contribution < -0.4 is 10.5 Å². The molecular formula is C10H15BrN2O3S2. The van der Waals surface area contributed by atoms with E-state index in [9.17, 15) is 13.2 Å². The van der Waals surface area contributed by atoms with E-state index in [1.54, 1.807) is 13.0 Å². The van der Waals surface area contributed by atoms with Gasteiger partial charge in [-0.3, -0.25) is 4.79 Å². The first-order valence-electron chi connectivity index (χ1n) is 5.37. The molecule has 0 aliphatic rings. The second-order valence-electron chi connectivity index (χ2n) is 3.79. The third kappa shape index (κ3) is 4.68. The van der Waals surface area contributed by atoms with Crippen LogP contribution in [-0.4, -0.2) is 20.9 Å². The van der Waals surface area contributed by atoms with E-state index in [0.29, 0.717) is 24.3 Å². The van der Waals surface area contributed by atoms with Gasteiger partial charge in [-0.05, 0) is 41.8 Å². The van der Waals surface area contributed by atoms with Gasteiger partial charge in [-0.15, -0.1) is 11.3 Å². The van der Waals surface area contributed by atoms with E-state index in [2.05, 4.69) is 20.7 Å². The van der Waals surface area contributed by atoms with Gasteiger partial charge in [0.1, 0.15) is 0 Å². The van der Waals surface area contributed by atoms with Gasteiger partial charge in [0.05, 0.1) is 8.68 Å². The van der Waals surface area contributed by atoms with E-state index in [1.165, 1.54) is 11.3 Å². The molecule has 0 atom stereocenters. The molecular weight excluding hydrogens is 340 g/mol. The minimum atomic E-state index is -3.46. The molecule has 5 nitrogen and oxygen atoms in total. The summed E-state index contributed by atoms with van der Waals surface area (Å²) in [6.45, 7) is 2.07. The zero-order valence-corrected chi connectivity index (χ0v) is 13.1. The second-order valence-corrected chi connectivity index (χ2v) is 8.16. The lowest BCUT2D eigenvalue weighted by atomic mass is 10.2. The van der Waals surface area contributed by atoms with Crippen LogP contribution in [0.3, 0.4) is 0 Å². The van der Waals surface area contributed by atoms with Crippen LogP contribution in [0.1, 0.15) is 24.1 Å². The maximum atomic E-state index is 11.9. The average Bonchev–Trinajstić information content (AvgIpc) is 2.57. The van der Waals surface area contributed by atoms with Crippen molar-refractivity contribution in [1.82, 2.24) is 4.72 Å². The molecule has 1 amide bonds. The summed E-state index contributed by atoms with van der Waals surface area (Å²) in [7, 11) is -3.46. The highest BCUT2D eigenvalue weighted by molar-refractivity contribution is 9.11. The highest BCUT2D eigenvalue weighted by Crippen LogP contribution is 2.29. The minimum Gasteiger partial charge on any atom is -0.370 e. The standard InChI is InChI=1S/C10H15BrN2O3S2/c1-7-8(6-9(11)17-7)18(15,16)13-5-3-2-4-10(12)14/h6,13H,2-5H2,1H3,(H2,12,14). The molecule has 0 radical (unpaired) electrons. The van der Waals surface area contributed by atoms with Crippen LogP contribution in [0.5, 0.6) is 0 Å². The number of hydrogen-bond acceptors (Lipinski definition) is 4. The van der Waals surface area contributed by atoms with Crippen LogP contribution in [0, 0.1) is 6.92 Å². The van der Waals surface area contributed by atoms with Gasteiger partial charge in [-0.1, -0.05) is 0 Å². The van der Waals surface area contributed by atoms with Gasteiger partial charge in [0.25, 0.3) is 0 Å². The lowest BCUT2D eigenvalue weighted by molar-refractivity contribution is -0.118. The Hall–Kier alpha value is -0.440. The van der Waals surface area contributed by atoms with Gasteiger partial charge in [0.15, 0.2) is 0 Å². The zero-order chi connectivity index (χ0) is 13.8. The Morgan fingerprint density at radius 1 is 1.50 bits per heavy atom. The first-order chi connectivity index (χ1) is 8.33. The number of carbonyl (C=O) groups is 1. The fourth-order valence-corrected chi connectivity index (χ4v) is 4.89. The Kier molecular flexibility index (Phi) is 5.77. The number of nitrogens with two attached hydrogens (primary N) is 1. The van der Waals surface area contributed by atoms with Gasteiger partial charge < -0.3 is 5.73 Å². The third-order valence-corrected chi connectivity index (χ3v) is 5.54. The fraction of sp³-hybridized carbons (Fsp3) is 0.500. The lowest BCUT2D eigenvalue weighted by Gasteiger charge is -2.05. The van der Waals surface area contributed by atoms with Crippen molar-refractivity contribution >= 4 is 43.2 Å². The summed E-state index contributed by atoms with van der Waals surface area (Å²) in [6, 6.07) is 1.59. The number of nitrogens with one attached hydrogen (secondary N) is 1. The maximum Gasteiger partial charge on any atom is 0.241 e. The Morgan fingerprint density at radius 3 is 2.67 bits per heavy atom. The number of halogens is 1. The molecule has 18 heavy (non-hydrogen) atoms. The van der Waals surface area contributed by atoms with Crippen molar-refractivity contribution in [1.29, 1.82) is 0 Å². The summed E-state index contributed by atoms with van der Waals surface area (Å²) < 4.78 is 27.2. The van der Waals surface area contributed by atoms with Crippen molar-refractivity contribution in [3.05, 3.63) is 14.7 Å². The average molecular weight is 355 g/mol. The summed E-state index contributed by atoms with van der Waals surface area (Å²) in [4.78, 5) is 11.6. The Balaban J connectivity index is 2.51. The van der Waals surface area contributed by atoms with Crippen molar-refractivity contribution < 1.29 is 13.2 Å². The van der Waals surface area contributed by atoms with Crippen LogP contribution in [0.2, 0.25) is 0 Å². The molecule has 0 spiro atoms. The fourth-order valence-electron chi connectivity index (χ4n) is 1.41. The van der Waals surface area contributed by atoms with Gasteiger partial charge in [-0.25, -0.2) is 13.1 Å². The largest absolute Gasteiger partial charge is 0.370 e. The number of amides is 1. The predicted octanol–water partition coefficient (Wildman–Crippen LogP) is 1.75. The van der Waals surface area contributed by atoms with E-state index in [-0.39, 0.29) is 12.3 Å². The number of aryl methyl sites for hydroxylation is 1. The summed E-state index contributed by atoms with van der Waals surface area (Å²) >= 11 is 4.64. The van der Waals surface area contributed by atoms with Gasteiger partial charge in [0.2, 0.25) is 15.9 Å². The van der Waals surface area contributed by atoms with E-state index < -0.39 is 10.0 Å². The van der Waals surface area contributed by atoms with Crippen molar-refractivity contribution in [2.75, 3.05) is 6.54 Å². The molecule has 0 fully saturated rings. The quantitative estimate of drug-likeness (QED) is 0.731. The Bertz CT molecular complexity index is 525. The molecule has 3 N–H and O–H groups in total. The molecule has 102 valence electrons. The summed E-state index contributed by atoms with van der Waals surface area (Å²) in [6.07, 6.45) is 1.46. The number of primary amides is 1.